The largest absolute Gasteiger partial charge is 0.494 e. The molecule has 0 saturated carbocycles. The summed E-state index contributed by atoms with van der Waals surface area (Å²) >= 11 is 6.11. The molecular formula is C15H19ClFN3O. The molecule has 0 unspecified atom stereocenters. The van der Waals surface area contributed by atoms with Gasteiger partial charge in [0.15, 0.2) is 16.7 Å². The lowest BCUT2D eigenvalue weighted by atomic mass is 10.2. The van der Waals surface area contributed by atoms with Crippen LogP contribution in [0.3, 0.4) is 0 Å². The maximum atomic E-state index is 13.3. The van der Waals surface area contributed by atoms with Crippen LogP contribution < -0.4 is 10.1 Å². The number of rotatable bonds is 7. The van der Waals surface area contributed by atoms with Crippen LogP contribution in [0.2, 0.25) is 5.15 Å². The van der Waals surface area contributed by atoms with Crippen LogP contribution in [0, 0.1) is 5.82 Å². The molecule has 6 heteroatoms. The van der Waals surface area contributed by atoms with Gasteiger partial charge in [-0.15, -0.1) is 0 Å². The van der Waals surface area contributed by atoms with Gasteiger partial charge >= 0.3 is 0 Å². The van der Waals surface area contributed by atoms with Crippen molar-refractivity contribution in [3.63, 3.8) is 0 Å². The highest BCUT2D eigenvalue weighted by Crippen LogP contribution is 2.22. The molecule has 2 rings (SSSR count). The lowest BCUT2D eigenvalue weighted by Gasteiger charge is -2.08. The summed E-state index contributed by atoms with van der Waals surface area (Å²) in [5.74, 6) is 0.721. The minimum absolute atomic E-state index is 0.208. The molecule has 1 heterocycles. The van der Waals surface area contributed by atoms with Gasteiger partial charge in [-0.05, 0) is 18.6 Å². The van der Waals surface area contributed by atoms with Crippen molar-refractivity contribution in [1.29, 1.82) is 0 Å². The summed E-state index contributed by atoms with van der Waals surface area (Å²) in [7, 11) is 1.44. The molecule has 0 saturated heterocycles. The summed E-state index contributed by atoms with van der Waals surface area (Å²) in [5, 5.41) is 3.65. The van der Waals surface area contributed by atoms with Gasteiger partial charge in [0, 0.05) is 18.2 Å². The number of aromatic amines is 1. The van der Waals surface area contributed by atoms with Crippen molar-refractivity contribution < 1.29 is 9.13 Å². The monoisotopic (exact) mass is 311 g/mol. The van der Waals surface area contributed by atoms with Crippen molar-refractivity contribution in [3.8, 4) is 5.75 Å². The van der Waals surface area contributed by atoms with Crippen LogP contribution >= 0.6 is 11.6 Å². The van der Waals surface area contributed by atoms with E-state index in [-0.39, 0.29) is 11.6 Å². The van der Waals surface area contributed by atoms with Crippen LogP contribution in [0.1, 0.15) is 31.3 Å². The van der Waals surface area contributed by atoms with Gasteiger partial charge in [0.2, 0.25) is 0 Å². The Labute approximate surface area is 128 Å². The van der Waals surface area contributed by atoms with Crippen molar-refractivity contribution in [3.05, 3.63) is 40.7 Å². The maximum Gasteiger partial charge on any atom is 0.165 e. The number of nitrogens with one attached hydrogen (secondary N) is 2. The minimum Gasteiger partial charge on any atom is -0.494 e. The van der Waals surface area contributed by atoms with Crippen LogP contribution in [-0.2, 0) is 13.0 Å². The number of anilines is 1. The molecule has 0 bridgehead atoms. The number of methoxy groups -OCH3 is 1. The van der Waals surface area contributed by atoms with E-state index in [0.29, 0.717) is 11.7 Å². The fourth-order valence-electron chi connectivity index (χ4n) is 1.98. The molecule has 0 radical (unpaired) electrons. The van der Waals surface area contributed by atoms with Crippen molar-refractivity contribution in [2.24, 2.45) is 0 Å². The number of hydrogen-bond donors (Lipinski definition) is 2. The fourth-order valence-corrected chi connectivity index (χ4v) is 2.20. The number of unbranched alkanes of at least 4 members (excludes halogenated alkanes) is 1. The van der Waals surface area contributed by atoms with E-state index in [1.54, 1.807) is 12.1 Å². The van der Waals surface area contributed by atoms with Crippen LogP contribution in [0.5, 0.6) is 5.75 Å². The first-order valence-corrected chi connectivity index (χ1v) is 7.32. The van der Waals surface area contributed by atoms with E-state index in [2.05, 4.69) is 22.2 Å². The van der Waals surface area contributed by atoms with E-state index in [4.69, 9.17) is 16.3 Å². The van der Waals surface area contributed by atoms with Gasteiger partial charge in [-0.3, -0.25) is 0 Å². The number of halogens is 2. The molecule has 4 nitrogen and oxygen atoms in total. The molecule has 0 spiro atoms. The van der Waals surface area contributed by atoms with Crippen molar-refractivity contribution >= 4 is 17.3 Å². The average Bonchev–Trinajstić information content (AvgIpc) is 2.84. The van der Waals surface area contributed by atoms with Gasteiger partial charge in [-0.1, -0.05) is 24.9 Å². The Morgan fingerprint density at radius 3 is 2.95 bits per heavy atom. The van der Waals surface area contributed by atoms with Gasteiger partial charge in [0.05, 0.1) is 19.3 Å². The molecule has 2 N–H and O–H groups in total. The number of ether oxygens (including phenoxy) is 1. The molecule has 0 atom stereocenters. The van der Waals surface area contributed by atoms with Crippen molar-refractivity contribution in [2.75, 3.05) is 12.4 Å². The molecule has 2 aromatic rings. The topological polar surface area (TPSA) is 49.9 Å². The third-order valence-electron chi connectivity index (χ3n) is 3.16. The maximum absolute atomic E-state index is 13.3. The second-order valence-electron chi connectivity index (χ2n) is 4.76. The predicted octanol–water partition coefficient (Wildman–Crippen LogP) is 4.17. The SMILES string of the molecule is CCCCc1nc(Cl)c(CNc2ccc(F)c(OC)c2)[nH]1. The van der Waals surface area contributed by atoms with E-state index in [1.165, 1.54) is 13.2 Å². The molecule has 1 aromatic carbocycles. The van der Waals surface area contributed by atoms with Crippen LogP contribution in [-0.4, -0.2) is 17.1 Å². The third kappa shape index (κ3) is 4.11. The first-order valence-electron chi connectivity index (χ1n) is 6.94. The number of imidazole rings is 1. The normalized spacial score (nSPS) is 10.7. The summed E-state index contributed by atoms with van der Waals surface area (Å²) in [5.41, 5.74) is 1.58. The quantitative estimate of drug-likeness (QED) is 0.807. The Morgan fingerprint density at radius 1 is 1.43 bits per heavy atom. The van der Waals surface area contributed by atoms with Gasteiger partial charge in [-0.2, -0.15) is 0 Å². The Kier molecular flexibility index (Phi) is 5.44. The molecule has 0 aliphatic carbocycles. The third-order valence-corrected chi connectivity index (χ3v) is 3.48. The lowest BCUT2D eigenvalue weighted by Crippen LogP contribution is -2.01. The molecule has 0 fully saturated rings. The lowest BCUT2D eigenvalue weighted by molar-refractivity contribution is 0.387. The number of benzene rings is 1. The molecule has 1 aromatic heterocycles. The van der Waals surface area contributed by atoms with Gasteiger partial charge < -0.3 is 15.0 Å². The zero-order valence-corrected chi connectivity index (χ0v) is 12.9. The van der Waals surface area contributed by atoms with E-state index in [9.17, 15) is 4.39 Å². The van der Waals surface area contributed by atoms with Crippen LogP contribution in [0.4, 0.5) is 10.1 Å². The molecular weight excluding hydrogens is 293 g/mol. The number of H-pyrrole nitrogens is 1. The van der Waals surface area contributed by atoms with Gasteiger partial charge in [0.1, 0.15) is 5.82 Å². The molecule has 0 amide bonds. The highest BCUT2D eigenvalue weighted by atomic mass is 35.5. The number of aryl methyl sites for hydroxylation is 1. The zero-order valence-electron chi connectivity index (χ0n) is 12.2. The zero-order chi connectivity index (χ0) is 15.2. The first kappa shape index (κ1) is 15.6. The molecule has 114 valence electrons. The summed E-state index contributed by atoms with van der Waals surface area (Å²) < 4.78 is 18.3. The minimum atomic E-state index is -0.385. The van der Waals surface area contributed by atoms with Crippen LogP contribution in [0.25, 0.3) is 0 Å². The Morgan fingerprint density at radius 2 is 2.24 bits per heavy atom. The predicted molar refractivity (Wildman–Crippen MR) is 82.5 cm³/mol. The van der Waals surface area contributed by atoms with E-state index in [1.807, 2.05) is 0 Å². The Hall–Kier alpha value is -1.75. The average molecular weight is 312 g/mol. The summed E-state index contributed by atoms with van der Waals surface area (Å²) in [6.45, 7) is 2.63. The second kappa shape index (κ2) is 7.31. The summed E-state index contributed by atoms with van der Waals surface area (Å²) in [4.78, 5) is 7.51. The fraction of sp³-hybridized carbons (Fsp3) is 0.400. The molecule has 0 aliphatic rings. The molecule has 0 aliphatic heterocycles. The van der Waals surface area contributed by atoms with E-state index < -0.39 is 0 Å². The second-order valence-corrected chi connectivity index (χ2v) is 5.12. The summed E-state index contributed by atoms with van der Waals surface area (Å²) in [6, 6.07) is 4.63. The highest BCUT2D eigenvalue weighted by Gasteiger charge is 2.09. The van der Waals surface area contributed by atoms with Crippen LogP contribution in [0.15, 0.2) is 18.2 Å². The smallest absolute Gasteiger partial charge is 0.165 e. The standard InChI is InChI=1S/C15H19ClFN3O/c1-3-4-5-14-19-12(15(16)20-14)9-18-10-6-7-11(17)13(8-10)21-2/h6-8,18H,3-5,9H2,1-2H3,(H,19,20). The van der Waals surface area contributed by atoms with Gasteiger partial charge in [0.25, 0.3) is 0 Å². The van der Waals surface area contributed by atoms with Crippen molar-refractivity contribution in [1.82, 2.24) is 9.97 Å². The van der Waals surface area contributed by atoms with Gasteiger partial charge in [-0.25, -0.2) is 9.37 Å². The van der Waals surface area contributed by atoms with E-state index in [0.717, 1.165) is 36.5 Å². The number of hydrogen-bond acceptors (Lipinski definition) is 3. The Bertz CT molecular complexity index is 601. The number of nitrogens with zero attached hydrogens (tertiary/aromatic N) is 1. The molecule has 21 heavy (non-hydrogen) atoms. The summed E-state index contributed by atoms with van der Waals surface area (Å²) in [6.07, 6.45) is 3.08. The van der Waals surface area contributed by atoms with E-state index >= 15 is 0 Å². The van der Waals surface area contributed by atoms with Crippen molar-refractivity contribution in [2.45, 2.75) is 32.7 Å². The first-order chi connectivity index (χ1) is 10.1. The number of aromatic nitrogens is 2. The Balaban J connectivity index is 2.01. The highest BCUT2D eigenvalue weighted by molar-refractivity contribution is 6.30.